The fourth-order valence-electron chi connectivity index (χ4n) is 5.96. The van der Waals surface area contributed by atoms with Gasteiger partial charge in [0, 0.05) is 0 Å². The summed E-state index contributed by atoms with van der Waals surface area (Å²) in [6.07, 6.45) is 11.1. The molecule has 5 heteroatoms. The van der Waals surface area contributed by atoms with Gasteiger partial charge in [0.15, 0.2) is 0 Å². The molecule has 0 radical (unpaired) electrons. The van der Waals surface area contributed by atoms with Gasteiger partial charge in [-0.05, 0) is 0 Å². The third kappa shape index (κ3) is 6.92. The summed E-state index contributed by atoms with van der Waals surface area (Å²) in [5, 5.41) is 0. The number of nitrogens with zero attached hydrogens (tertiary/aromatic N) is 3. The number of amides is 1. The first kappa shape index (κ1) is 34.5. The van der Waals surface area contributed by atoms with Crippen LogP contribution >= 0.6 is 0 Å². The maximum atomic E-state index is 13.5. The minimum atomic E-state index is -2.47. The number of imidazole rings is 1. The van der Waals surface area contributed by atoms with Crippen LogP contribution < -0.4 is 3.78 Å². The zero-order chi connectivity index (χ0) is 33.0. The molecule has 0 fully saturated rings. The number of carbonyl (C=O) groups excluding carboxylic acids is 1. The van der Waals surface area contributed by atoms with E-state index in [0.29, 0.717) is 42.3 Å². The summed E-state index contributed by atoms with van der Waals surface area (Å²) in [6.45, 7) is 23.5. The first-order chi connectivity index (χ1) is 21.5. The van der Waals surface area contributed by atoms with E-state index in [4.69, 9.17) is 6.42 Å². The van der Waals surface area contributed by atoms with Crippen molar-refractivity contribution in [1.82, 2.24) is 14.0 Å². The zero-order valence-corrected chi connectivity index (χ0v) is 30.9. The van der Waals surface area contributed by atoms with Crippen LogP contribution in [0.4, 0.5) is 0 Å². The number of hydrogen-bond acceptors (Lipinski definition) is 1. The third-order valence-corrected chi connectivity index (χ3v) is 12.9. The van der Waals surface area contributed by atoms with Gasteiger partial charge in [0.05, 0.1) is 0 Å². The second kappa shape index (κ2) is 14.8. The van der Waals surface area contributed by atoms with Crippen molar-refractivity contribution in [3.8, 4) is 21.9 Å². The molecule has 0 unspecified atom stereocenters. The molecule has 0 spiro atoms. The third-order valence-electron chi connectivity index (χ3n) is 8.39. The molecule has 0 bridgehead atoms. The number of rotatable bonds is 10. The van der Waals surface area contributed by atoms with E-state index >= 15 is 0 Å². The van der Waals surface area contributed by atoms with Crippen LogP contribution in [-0.2, 0) is 18.0 Å². The average Bonchev–Trinajstić information content (AvgIpc) is 3.45. The molecule has 4 nitrogen and oxygen atoms in total. The summed E-state index contributed by atoms with van der Waals surface area (Å²) in [4.78, 5) is 15.4. The fourth-order valence-corrected chi connectivity index (χ4v) is 10.2. The van der Waals surface area contributed by atoms with E-state index in [0.717, 1.165) is 7.41 Å². The molecule has 0 aliphatic rings. The predicted molar refractivity (Wildman–Crippen MR) is 187 cm³/mol. The Bertz CT molecular complexity index is 1640. The first-order valence-corrected chi connectivity index (χ1v) is 19.5. The Morgan fingerprint density at radius 2 is 1.11 bits per heavy atom. The Labute approximate surface area is 277 Å². The molecule has 1 amide bonds. The van der Waals surface area contributed by atoms with Crippen LogP contribution in [0.5, 0.6) is 0 Å². The van der Waals surface area contributed by atoms with Crippen molar-refractivity contribution in [2.24, 2.45) is 0 Å². The van der Waals surface area contributed by atoms with E-state index in [2.05, 4.69) is 130 Å². The first-order valence-electron chi connectivity index (χ1n) is 16.3. The molecule has 0 aliphatic heterocycles. The van der Waals surface area contributed by atoms with Crippen LogP contribution in [0, 0.1) is 14.2 Å². The number of carbonyl (C=O) groups is 1. The zero-order valence-electron chi connectivity index (χ0n) is 28.8. The van der Waals surface area contributed by atoms with Crippen LogP contribution in [0.1, 0.15) is 126 Å². The van der Waals surface area contributed by atoms with Crippen molar-refractivity contribution in [3.63, 3.8) is 0 Å². The van der Waals surface area contributed by atoms with E-state index in [9.17, 15) is 4.79 Å². The van der Waals surface area contributed by atoms with Gasteiger partial charge in [-0.2, -0.15) is 0 Å². The maximum absolute atomic E-state index is 13.5. The number of benzene rings is 3. The predicted octanol–water partition coefficient (Wildman–Crippen LogP) is 9.31. The van der Waals surface area contributed by atoms with Gasteiger partial charge >= 0.3 is 279 Å². The summed E-state index contributed by atoms with van der Waals surface area (Å²) < 4.78 is 10.4. The molecule has 4 aromatic rings. The summed E-state index contributed by atoms with van der Waals surface area (Å²) in [6, 6.07) is 21.6. The van der Waals surface area contributed by atoms with E-state index in [1.54, 1.807) is 0 Å². The molecular weight excluding hydrogens is 735 g/mol. The van der Waals surface area contributed by atoms with Gasteiger partial charge in [-0.25, -0.2) is 0 Å². The Morgan fingerprint density at radius 1 is 0.711 bits per heavy atom. The second-order valence-electron chi connectivity index (χ2n) is 12.7. The number of terminal acetylenes is 1. The summed E-state index contributed by atoms with van der Waals surface area (Å²) in [5.41, 5.74) is 8.40. The van der Waals surface area contributed by atoms with Gasteiger partial charge in [-0.3, -0.25) is 0 Å². The molecular formula is C40H51AuN3O. The van der Waals surface area contributed by atoms with Crippen molar-refractivity contribution in [2.45, 2.75) is 92.9 Å². The van der Waals surface area contributed by atoms with Crippen molar-refractivity contribution >= 4 is 9.69 Å². The van der Waals surface area contributed by atoms with Crippen LogP contribution in [0.25, 0.3) is 11.4 Å². The van der Waals surface area contributed by atoms with Gasteiger partial charge in [0.25, 0.3) is 0 Å². The van der Waals surface area contributed by atoms with Crippen molar-refractivity contribution in [2.75, 3.05) is 13.1 Å². The number of hydrogen-bond donors (Lipinski definition) is 0. The monoisotopic (exact) mass is 786 g/mol. The topological polar surface area (TPSA) is 30.2 Å². The Morgan fingerprint density at radius 3 is 1.47 bits per heavy atom. The van der Waals surface area contributed by atoms with Crippen LogP contribution in [0.2, 0.25) is 0 Å². The molecule has 1 aromatic heterocycles. The molecule has 45 heavy (non-hydrogen) atoms. The molecule has 1 heterocycles. The SMILES string of the molecule is C#[C][Au]([c]1cccc(C(=O)N(CC)CC)c1)=[c]1n(-c2c(C(C)C)cccc2C(C)C)ccn1-c1c(C(C)C)cccc1C(C)C. The molecule has 243 valence electrons. The second-order valence-corrected chi connectivity index (χ2v) is 17.2. The minimum absolute atomic E-state index is 0.0518. The molecule has 0 saturated carbocycles. The molecule has 0 aliphatic carbocycles. The number of aromatic nitrogens is 2. The van der Waals surface area contributed by atoms with Crippen molar-refractivity contribution in [3.05, 3.63) is 105 Å². The van der Waals surface area contributed by atoms with Gasteiger partial charge in [-0.15, -0.1) is 0 Å². The standard InChI is InChI=1S/C27H36N2.C11H14NO.C2H.Au/c1-18(2)22-11-9-12-23(19(3)4)26(22)28-15-16-29(17-28)27-24(20(5)6)13-10-14-25(27)21(7)8;1-3-12(4-2)11(13)10-8-6-5-7-9-10;1-2;/h9-16,18-21H,1-8H3;5-6,8-9H,3-4H2,1-2H3;1H;. The van der Waals surface area contributed by atoms with Crippen LogP contribution in [-0.4, -0.2) is 33.0 Å². The summed E-state index contributed by atoms with van der Waals surface area (Å²) in [7, 11) is 0. The van der Waals surface area contributed by atoms with E-state index in [1.165, 1.54) is 33.6 Å². The number of para-hydroxylation sites is 2. The summed E-state index contributed by atoms with van der Waals surface area (Å²) >= 11 is -2.47. The molecule has 0 atom stereocenters. The van der Waals surface area contributed by atoms with E-state index in [-0.39, 0.29) is 5.91 Å². The summed E-state index contributed by atoms with van der Waals surface area (Å²) in [5.74, 6) is 1.38. The van der Waals surface area contributed by atoms with Crippen LogP contribution in [0.15, 0.2) is 73.1 Å². The van der Waals surface area contributed by atoms with Crippen molar-refractivity contribution < 1.29 is 22.8 Å². The van der Waals surface area contributed by atoms with E-state index < -0.39 is 18.0 Å². The van der Waals surface area contributed by atoms with Crippen LogP contribution in [0.3, 0.4) is 0 Å². The molecule has 3 aromatic carbocycles. The Kier molecular flexibility index (Phi) is 11.4. The van der Waals surface area contributed by atoms with Gasteiger partial charge in [0.1, 0.15) is 0 Å². The normalized spacial score (nSPS) is 11.9. The van der Waals surface area contributed by atoms with Gasteiger partial charge in [0.2, 0.25) is 0 Å². The van der Waals surface area contributed by atoms with Gasteiger partial charge in [-0.1, -0.05) is 0 Å². The molecule has 0 saturated heterocycles. The Hall–Kier alpha value is -3.36. The Balaban J connectivity index is 2.25. The van der Waals surface area contributed by atoms with Gasteiger partial charge < -0.3 is 0 Å². The molecule has 4 rings (SSSR count). The average molecular weight is 787 g/mol. The molecule has 0 N–H and O–H groups in total. The quantitative estimate of drug-likeness (QED) is 0.117. The van der Waals surface area contributed by atoms with Crippen molar-refractivity contribution in [1.29, 1.82) is 0 Å². The fraction of sp³-hybridized carbons (Fsp3) is 0.400. The van der Waals surface area contributed by atoms with E-state index in [1.807, 2.05) is 30.9 Å².